The summed E-state index contributed by atoms with van der Waals surface area (Å²) in [6.45, 7) is 1.90. The second kappa shape index (κ2) is 6.32. The first-order valence-corrected chi connectivity index (χ1v) is 7.85. The van der Waals surface area contributed by atoms with E-state index in [0.29, 0.717) is 5.56 Å². The Morgan fingerprint density at radius 3 is 2.33 bits per heavy atom. The fraction of sp³-hybridized carbons (Fsp3) is 0.200. The molecule has 0 aliphatic heterocycles. The summed E-state index contributed by atoms with van der Waals surface area (Å²) in [5, 5.41) is 10.6. The molecule has 4 heteroatoms. The third kappa shape index (κ3) is 2.71. The van der Waals surface area contributed by atoms with Gasteiger partial charge in [0.1, 0.15) is 0 Å². The molecule has 0 bridgehead atoms. The highest BCUT2D eigenvalue weighted by Crippen LogP contribution is 2.34. The number of carbonyl (C=O) groups excluding carboxylic acids is 1. The van der Waals surface area contributed by atoms with Crippen LogP contribution < -0.4 is 0 Å². The zero-order valence-corrected chi connectivity index (χ0v) is 13.7. The van der Waals surface area contributed by atoms with Gasteiger partial charge in [-0.1, -0.05) is 48.5 Å². The van der Waals surface area contributed by atoms with Crippen LogP contribution in [0.15, 0.2) is 54.6 Å². The molecule has 0 aliphatic carbocycles. The van der Waals surface area contributed by atoms with Crippen LogP contribution in [-0.4, -0.2) is 21.4 Å². The van der Waals surface area contributed by atoms with Crippen LogP contribution in [0.2, 0.25) is 0 Å². The highest BCUT2D eigenvalue weighted by atomic mass is 16.4. The van der Waals surface area contributed by atoms with Crippen LogP contribution in [0, 0.1) is 6.92 Å². The molecule has 1 aromatic heterocycles. The van der Waals surface area contributed by atoms with Gasteiger partial charge in [-0.05, 0) is 18.6 Å². The van der Waals surface area contributed by atoms with E-state index in [1.54, 1.807) is 24.3 Å². The molecule has 0 saturated carbocycles. The molecular weight excluding hydrogens is 302 g/mol. The standard InChI is InChI=1S/C20H19NO3/c1-13-19(15-10-6-7-11-17(15)21(13)2)16(20(23)24)12-18(22)14-8-4-3-5-9-14/h3-11,16H,12H2,1-2H3,(H,23,24). The number of aryl methyl sites for hydroxylation is 1. The van der Waals surface area contributed by atoms with Gasteiger partial charge in [-0.25, -0.2) is 0 Å². The van der Waals surface area contributed by atoms with E-state index in [-0.39, 0.29) is 12.2 Å². The lowest BCUT2D eigenvalue weighted by Gasteiger charge is -2.13. The van der Waals surface area contributed by atoms with E-state index in [0.717, 1.165) is 22.2 Å². The van der Waals surface area contributed by atoms with E-state index in [4.69, 9.17) is 0 Å². The Bertz CT molecular complexity index is 909. The molecule has 0 spiro atoms. The van der Waals surface area contributed by atoms with Gasteiger partial charge in [0.05, 0.1) is 5.92 Å². The summed E-state index contributed by atoms with van der Waals surface area (Å²) in [7, 11) is 1.92. The molecule has 24 heavy (non-hydrogen) atoms. The summed E-state index contributed by atoms with van der Waals surface area (Å²) in [6, 6.07) is 16.5. The van der Waals surface area contributed by atoms with Crippen molar-refractivity contribution in [3.05, 3.63) is 71.4 Å². The van der Waals surface area contributed by atoms with Crippen molar-refractivity contribution in [2.45, 2.75) is 19.3 Å². The Balaban J connectivity index is 2.06. The average molecular weight is 321 g/mol. The minimum Gasteiger partial charge on any atom is -0.481 e. The normalized spacial score (nSPS) is 12.2. The van der Waals surface area contributed by atoms with Gasteiger partial charge in [-0.15, -0.1) is 0 Å². The molecule has 3 rings (SSSR count). The molecule has 0 saturated heterocycles. The van der Waals surface area contributed by atoms with Crippen LogP contribution in [0.3, 0.4) is 0 Å². The molecule has 2 aromatic carbocycles. The zero-order chi connectivity index (χ0) is 17.3. The number of carbonyl (C=O) groups is 2. The van der Waals surface area contributed by atoms with Gasteiger partial charge in [-0.2, -0.15) is 0 Å². The minimum absolute atomic E-state index is 0.0474. The van der Waals surface area contributed by atoms with E-state index in [9.17, 15) is 14.7 Å². The lowest BCUT2D eigenvalue weighted by molar-refractivity contribution is -0.138. The Morgan fingerprint density at radius 1 is 1.04 bits per heavy atom. The number of benzene rings is 2. The van der Waals surface area contributed by atoms with Gasteiger partial charge in [0, 0.05) is 35.6 Å². The molecule has 0 radical (unpaired) electrons. The van der Waals surface area contributed by atoms with Crippen molar-refractivity contribution in [1.82, 2.24) is 4.57 Å². The van der Waals surface area contributed by atoms with Crippen LogP contribution in [0.25, 0.3) is 10.9 Å². The second-order valence-corrected chi connectivity index (χ2v) is 5.96. The van der Waals surface area contributed by atoms with Gasteiger partial charge in [0.15, 0.2) is 5.78 Å². The maximum atomic E-state index is 12.5. The molecule has 1 unspecified atom stereocenters. The van der Waals surface area contributed by atoms with Crippen molar-refractivity contribution in [1.29, 1.82) is 0 Å². The molecule has 0 aliphatic rings. The first-order valence-electron chi connectivity index (χ1n) is 7.85. The van der Waals surface area contributed by atoms with Crippen molar-refractivity contribution in [3.63, 3.8) is 0 Å². The summed E-state index contributed by atoms with van der Waals surface area (Å²) in [6.07, 6.45) is -0.0474. The molecule has 4 nitrogen and oxygen atoms in total. The largest absolute Gasteiger partial charge is 0.481 e. The van der Waals surface area contributed by atoms with Crippen LogP contribution in [0.1, 0.15) is 34.0 Å². The van der Waals surface area contributed by atoms with Gasteiger partial charge < -0.3 is 9.67 Å². The first-order chi connectivity index (χ1) is 11.5. The number of nitrogens with zero attached hydrogens (tertiary/aromatic N) is 1. The third-order valence-corrected chi connectivity index (χ3v) is 4.58. The maximum absolute atomic E-state index is 12.5. The Hall–Kier alpha value is -2.88. The Kier molecular flexibility index (Phi) is 4.21. The monoisotopic (exact) mass is 321 g/mol. The summed E-state index contributed by atoms with van der Waals surface area (Å²) in [5.74, 6) is -1.99. The first kappa shape index (κ1) is 16.0. The average Bonchev–Trinajstić information content (AvgIpc) is 2.85. The fourth-order valence-corrected chi connectivity index (χ4v) is 3.23. The second-order valence-electron chi connectivity index (χ2n) is 5.96. The number of ketones is 1. The molecule has 1 atom stereocenters. The molecule has 3 aromatic rings. The van der Waals surface area contributed by atoms with Crippen molar-refractivity contribution >= 4 is 22.7 Å². The van der Waals surface area contributed by atoms with Gasteiger partial charge >= 0.3 is 5.97 Å². The van der Waals surface area contributed by atoms with E-state index in [1.807, 2.05) is 48.9 Å². The quantitative estimate of drug-likeness (QED) is 0.724. The van der Waals surface area contributed by atoms with Crippen molar-refractivity contribution in [2.75, 3.05) is 0 Å². The predicted molar refractivity (Wildman–Crippen MR) is 93.4 cm³/mol. The number of carboxylic acid groups (broad SMARTS) is 1. The summed E-state index contributed by atoms with van der Waals surface area (Å²) in [5.41, 5.74) is 3.12. The van der Waals surface area contributed by atoms with Gasteiger partial charge in [0.2, 0.25) is 0 Å². The van der Waals surface area contributed by atoms with Gasteiger partial charge in [0.25, 0.3) is 0 Å². The van der Waals surface area contributed by atoms with Crippen LogP contribution >= 0.6 is 0 Å². The minimum atomic E-state index is -0.973. The van der Waals surface area contributed by atoms with E-state index in [1.165, 1.54) is 0 Å². The van der Waals surface area contributed by atoms with Crippen LogP contribution in [0.4, 0.5) is 0 Å². The Morgan fingerprint density at radius 2 is 1.67 bits per heavy atom. The third-order valence-electron chi connectivity index (χ3n) is 4.58. The molecule has 1 N–H and O–H groups in total. The summed E-state index contributed by atoms with van der Waals surface area (Å²) >= 11 is 0. The molecule has 122 valence electrons. The molecule has 0 fully saturated rings. The zero-order valence-electron chi connectivity index (χ0n) is 13.7. The van der Waals surface area contributed by atoms with Crippen molar-refractivity contribution in [3.8, 4) is 0 Å². The SMILES string of the molecule is Cc1c(C(CC(=O)c2ccccc2)C(=O)O)c2ccccc2n1C. The molecule has 0 amide bonds. The number of rotatable bonds is 5. The van der Waals surface area contributed by atoms with E-state index in [2.05, 4.69) is 0 Å². The summed E-state index contributed by atoms with van der Waals surface area (Å²) in [4.78, 5) is 24.4. The maximum Gasteiger partial charge on any atom is 0.311 e. The van der Waals surface area contributed by atoms with Crippen LogP contribution in [0.5, 0.6) is 0 Å². The number of hydrogen-bond acceptors (Lipinski definition) is 2. The number of carboxylic acids is 1. The van der Waals surface area contributed by atoms with Crippen LogP contribution in [-0.2, 0) is 11.8 Å². The molecular formula is C20H19NO3. The lowest BCUT2D eigenvalue weighted by atomic mass is 9.89. The Labute approximate surface area is 140 Å². The number of hydrogen-bond donors (Lipinski definition) is 1. The van der Waals surface area contributed by atoms with E-state index < -0.39 is 11.9 Å². The highest BCUT2D eigenvalue weighted by Gasteiger charge is 2.29. The topological polar surface area (TPSA) is 59.3 Å². The highest BCUT2D eigenvalue weighted by molar-refractivity contribution is 6.00. The predicted octanol–water partition coefficient (Wildman–Crippen LogP) is 3.93. The van der Waals surface area contributed by atoms with Crippen molar-refractivity contribution in [2.24, 2.45) is 7.05 Å². The van der Waals surface area contributed by atoms with Crippen molar-refractivity contribution < 1.29 is 14.7 Å². The number of aliphatic carboxylic acids is 1. The molecule has 1 heterocycles. The fourth-order valence-electron chi connectivity index (χ4n) is 3.23. The number of aromatic nitrogens is 1. The number of para-hydroxylation sites is 1. The smallest absolute Gasteiger partial charge is 0.311 e. The van der Waals surface area contributed by atoms with E-state index >= 15 is 0 Å². The van der Waals surface area contributed by atoms with Gasteiger partial charge in [-0.3, -0.25) is 9.59 Å². The number of fused-ring (bicyclic) bond motifs is 1. The summed E-state index contributed by atoms with van der Waals surface area (Å²) < 4.78 is 1.98. The number of Topliss-reactive ketones (excluding diaryl/α,β-unsaturated/α-hetero) is 1. The lowest BCUT2D eigenvalue weighted by Crippen LogP contribution is -2.17.